The summed E-state index contributed by atoms with van der Waals surface area (Å²) in [6, 6.07) is 3.80. The Kier molecular flexibility index (Phi) is 8.19. The number of nitrogens with one attached hydrogen (secondary N) is 2. The lowest BCUT2D eigenvalue weighted by Gasteiger charge is -2.16. The molecule has 1 aromatic carbocycles. The van der Waals surface area contributed by atoms with Crippen molar-refractivity contribution in [1.82, 2.24) is 10.7 Å². The molecule has 0 saturated carbocycles. The molecule has 0 aliphatic heterocycles. The predicted octanol–water partition coefficient (Wildman–Crippen LogP) is 3.45. The quantitative estimate of drug-likeness (QED) is 0.426. The van der Waals surface area contributed by atoms with Crippen molar-refractivity contribution in [1.29, 1.82) is 0 Å². The minimum atomic E-state index is 0.0641. The number of halogens is 1. The Labute approximate surface area is 145 Å². The summed E-state index contributed by atoms with van der Waals surface area (Å²) in [4.78, 5) is 0. The summed E-state index contributed by atoms with van der Waals surface area (Å²) in [5, 5.41) is 7.54. The van der Waals surface area contributed by atoms with Crippen LogP contribution in [0.4, 0.5) is 0 Å². The minimum absolute atomic E-state index is 0.0641. The number of nitrogens with zero attached hydrogens (tertiary/aromatic N) is 1. The van der Waals surface area contributed by atoms with E-state index in [9.17, 15) is 0 Å². The van der Waals surface area contributed by atoms with Crippen LogP contribution < -0.4 is 20.2 Å². The second-order valence-electron chi connectivity index (χ2n) is 4.66. The van der Waals surface area contributed by atoms with E-state index in [0.29, 0.717) is 23.2 Å². The van der Waals surface area contributed by atoms with E-state index in [1.807, 2.05) is 39.8 Å². The molecular formula is C15H22BrN3O2S. The van der Waals surface area contributed by atoms with Crippen LogP contribution in [-0.2, 0) is 0 Å². The lowest BCUT2D eigenvalue weighted by molar-refractivity contribution is 0.222. The Morgan fingerprint density at radius 2 is 2.14 bits per heavy atom. The standard InChI is InChI=1S/C15H22BrN3O2S/c1-5-17-15(22)19-18-9-11-7-12(16)14(21-10(3)4)13(8-11)20-6-2/h7-10H,5-6H2,1-4H3,(H2,17,19,22)/b18-9-. The van der Waals surface area contributed by atoms with Gasteiger partial charge < -0.3 is 14.8 Å². The summed E-state index contributed by atoms with van der Waals surface area (Å²) in [6.07, 6.45) is 1.74. The van der Waals surface area contributed by atoms with Gasteiger partial charge in [0.15, 0.2) is 16.6 Å². The Morgan fingerprint density at radius 3 is 2.73 bits per heavy atom. The number of ether oxygens (including phenoxy) is 2. The second kappa shape index (κ2) is 9.63. The van der Waals surface area contributed by atoms with Gasteiger partial charge in [-0.1, -0.05) is 0 Å². The molecular weight excluding hydrogens is 366 g/mol. The van der Waals surface area contributed by atoms with E-state index in [-0.39, 0.29) is 6.10 Å². The van der Waals surface area contributed by atoms with Crippen molar-refractivity contribution in [3.05, 3.63) is 22.2 Å². The van der Waals surface area contributed by atoms with Crippen LogP contribution in [-0.4, -0.2) is 30.6 Å². The molecule has 2 N–H and O–H groups in total. The van der Waals surface area contributed by atoms with Crippen LogP contribution in [0.25, 0.3) is 0 Å². The van der Waals surface area contributed by atoms with Gasteiger partial charge in [-0.2, -0.15) is 5.10 Å². The van der Waals surface area contributed by atoms with Crippen LogP contribution in [0.1, 0.15) is 33.3 Å². The summed E-state index contributed by atoms with van der Waals surface area (Å²) in [6.45, 7) is 9.17. The largest absolute Gasteiger partial charge is 0.490 e. The normalized spacial score (nSPS) is 10.8. The molecule has 122 valence electrons. The molecule has 0 aliphatic carbocycles. The summed E-state index contributed by atoms with van der Waals surface area (Å²) < 4.78 is 12.3. The van der Waals surface area contributed by atoms with Crippen molar-refractivity contribution in [2.24, 2.45) is 5.10 Å². The third-order valence-electron chi connectivity index (χ3n) is 2.40. The number of hydrazone groups is 1. The van der Waals surface area contributed by atoms with Gasteiger partial charge >= 0.3 is 0 Å². The van der Waals surface area contributed by atoms with Crippen molar-refractivity contribution < 1.29 is 9.47 Å². The van der Waals surface area contributed by atoms with Gasteiger partial charge in [0.1, 0.15) is 0 Å². The SMILES string of the molecule is CCNC(=S)N/N=C\c1cc(Br)c(OC(C)C)c(OCC)c1. The van der Waals surface area contributed by atoms with Crippen LogP contribution in [0.15, 0.2) is 21.7 Å². The first-order valence-electron chi connectivity index (χ1n) is 7.17. The van der Waals surface area contributed by atoms with Crippen molar-refractivity contribution >= 4 is 39.5 Å². The fourth-order valence-corrected chi connectivity index (χ4v) is 2.39. The fraction of sp³-hybridized carbons (Fsp3) is 0.467. The first kappa shape index (κ1) is 18.7. The van der Waals surface area contributed by atoms with Gasteiger partial charge in [-0.15, -0.1) is 0 Å². The maximum absolute atomic E-state index is 5.80. The average molecular weight is 388 g/mol. The smallest absolute Gasteiger partial charge is 0.186 e. The highest BCUT2D eigenvalue weighted by atomic mass is 79.9. The van der Waals surface area contributed by atoms with E-state index in [0.717, 1.165) is 16.6 Å². The summed E-state index contributed by atoms with van der Waals surface area (Å²) >= 11 is 8.56. The van der Waals surface area contributed by atoms with Gasteiger partial charge in [0.05, 0.1) is 23.4 Å². The molecule has 0 spiro atoms. The summed E-state index contributed by atoms with van der Waals surface area (Å²) in [7, 11) is 0. The predicted molar refractivity (Wildman–Crippen MR) is 98.1 cm³/mol. The van der Waals surface area contributed by atoms with Crippen LogP contribution >= 0.6 is 28.1 Å². The lowest BCUT2D eigenvalue weighted by Crippen LogP contribution is -2.31. The average Bonchev–Trinajstić information content (AvgIpc) is 2.43. The van der Waals surface area contributed by atoms with Crippen LogP contribution in [0, 0.1) is 0 Å². The summed E-state index contributed by atoms with van der Waals surface area (Å²) in [5.74, 6) is 1.38. The Bertz CT molecular complexity index is 536. The van der Waals surface area contributed by atoms with Gasteiger partial charge in [-0.05, 0) is 73.5 Å². The van der Waals surface area contributed by atoms with Crippen LogP contribution in [0.5, 0.6) is 11.5 Å². The molecule has 0 heterocycles. The molecule has 0 aliphatic rings. The maximum Gasteiger partial charge on any atom is 0.186 e. The lowest BCUT2D eigenvalue weighted by atomic mass is 10.2. The third-order valence-corrected chi connectivity index (χ3v) is 3.23. The molecule has 1 rings (SSSR count). The molecule has 0 fully saturated rings. The first-order valence-corrected chi connectivity index (χ1v) is 8.37. The van der Waals surface area contributed by atoms with E-state index in [2.05, 4.69) is 31.8 Å². The number of thiocarbonyl (C=S) groups is 1. The zero-order chi connectivity index (χ0) is 16.5. The van der Waals surface area contributed by atoms with E-state index >= 15 is 0 Å². The molecule has 1 aromatic rings. The van der Waals surface area contributed by atoms with Gasteiger partial charge in [-0.3, -0.25) is 5.43 Å². The number of benzene rings is 1. The molecule has 0 aromatic heterocycles. The Morgan fingerprint density at radius 1 is 1.41 bits per heavy atom. The van der Waals surface area contributed by atoms with Crippen molar-refractivity contribution in [2.45, 2.75) is 33.8 Å². The van der Waals surface area contributed by atoms with Crippen LogP contribution in [0.3, 0.4) is 0 Å². The molecule has 0 bridgehead atoms. The minimum Gasteiger partial charge on any atom is -0.490 e. The van der Waals surface area contributed by atoms with Gasteiger partial charge in [-0.25, -0.2) is 0 Å². The maximum atomic E-state index is 5.80. The molecule has 0 unspecified atom stereocenters. The molecule has 0 atom stereocenters. The fourth-order valence-electron chi connectivity index (χ4n) is 1.64. The molecule has 5 nitrogen and oxygen atoms in total. The zero-order valence-electron chi connectivity index (χ0n) is 13.3. The van der Waals surface area contributed by atoms with Crippen LogP contribution in [0.2, 0.25) is 0 Å². The summed E-state index contributed by atoms with van der Waals surface area (Å²) in [5.41, 5.74) is 3.63. The highest BCUT2D eigenvalue weighted by Crippen LogP contribution is 2.37. The first-order chi connectivity index (χ1) is 10.5. The molecule has 7 heteroatoms. The number of hydrogen-bond acceptors (Lipinski definition) is 4. The highest BCUT2D eigenvalue weighted by Gasteiger charge is 2.13. The molecule has 22 heavy (non-hydrogen) atoms. The zero-order valence-corrected chi connectivity index (χ0v) is 15.7. The van der Waals surface area contributed by atoms with Crippen molar-refractivity contribution in [3.8, 4) is 11.5 Å². The van der Waals surface area contributed by atoms with Gasteiger partial charge in [0.25, 0.3) is 0 Å². The van der Waals surface area contributed by atoms with E-state index < -0.39 is 0 Å². The van der Waals surface area contributed by atoms with E-state index in [1.165, 1.54) is 0 Å². The molecule has 0 saturated heterocycles. The van der Waals surface area contributed by atoms with Gasteiger partial charge in [0.2, 0.25) is 0 Å². The van der Waals surface area contributed by atoms with Crippen molar-refractivity contribution in [3.63, 3.8) is 0 Å². The van der Waals surface area contributed by atoms with Gasteiger partial charge in [0, 0.05) is 6.54 Å². The molecule has 0 amide bonds. The Balaban J connectivity index is 2.93. The number of rotatable bonds is 7. The topological polar surface area (TPSA) is 54.9 Å². The molecule has 0 radical (unpaired) electrons. The Hall–Kier alpha value is -1.34. The van der Waals surface area contributed by atoms with E-state index in [1.54, 1.807) is 6.21 Å². The van der Waals surface area contributed by atoms with E-state index in [4.69, 9.17) is 21.7 Å². The number of hydrogen-bond donors (Lipinski definition) is 2. The highest BCUT2D eigenvalue weighted by molar-refractivity contribution is 9.10. The third kappa shape index (κ3) is 6.19. The van der Waals surface area contributed by atoms with Crippen molar-refractivity contribution in [2.75, 3.05) is 13.2 Å². The monoisotopic (exact) mass is 387 g/mol. The second-order valence-corrected chi connectivity index (χ2v) is 5.92.